The number of carbonyl (C=O) groups is 1. The molecule has 2 saturated carbocycles. The molecular weight excluding hydrogens is 480 g/mol. The van der Waals surface area contributed by atoms with E-state index in [2.05, 4.69) is 29.4 Å². The number of methoxy groups -OCH3 is 2. The number of hydrogen-bond donors (Lipinski definition) is 0. The molecule has 0 spiro atoms. The van der Waals surface area contributed by atoms with Gasteiger partial charge >= 0.3 is 5.97 Å². The van der Waals surface area contributed by atoms with Gasteiger partial charge < -0.3 is 18.9 Å². The number of fused-ring (bicyclic) bond motifs is 2. The molecule has 0 N–H and O–H groups in total. The lowest BCUT2D eigenvalue weighted by Crippen LogP contribution is -2.45. The van der Waals surface area contributed by atoms with Crippen LogP contribution in [0.25, 0.3) is 0 Å². The summed E-state index contributed by atoms with van der Waals surface area (Å²) in [4.78, 5) is 18.2. The second-order valence-electron chi connectivity index (χ2n) is 12.1. The van der Waals surface area contributed by atoms with Crippen LogP contribution in [0.2, 0.25) is 0 Å². The van der Waals surface area contributed by atoms with Crippen LogP contribution in [0, 0.1) is 23.2 Å². The molecule has 4 aliphatic rings. The molecule has 4 fully saturated rings. The molecular formula is C31H46N2O5. The standard InChI is InChI=1S/C31H46N2O5/c1-22-8-6-11-31(2)19-28-24(18-26(22)31)25(30(34)38-28)21-33(13-7-12-32-14-16-37-17-15-32)20-23-9-5-10-27(35-3)29(23)36-4/h5,9-10,24-26,28H,1,6-8,11-21H2,2-4H3/t24-,25+,26+,28-,31+/m0/s1. The van der Waals surface area contributed by atoms with E-state index in [9.17, 15) is 4.79 Å². The molecule has 0 aromatic heterocycles. The Morgan fingerprint density at radius 2 is 2.03 bits per heavy atom. The molecule has 0 amide bonds. The number of carbonyl (C=O) groups excluding carboxylic acids is 1. The fourth-order valence-electron chi connectivity index (χ4n) is 7.64. The van der Waals surface area contributed by atoms with E-state index in [1.807, 2.05) is 12.1 Å². The number of benzene rings is 1. The van der Waals surface area contributed by atoms with E-state index in [0.29, 0.717) is 19.0 Å². The van der Waals surface area contributed by atoms with Crippen molar-refractivity contribution in [2.24, 2.45) is 23.2 Å². The summed E-state index contributed by atoms with van der Waals surface area (Å²) in [6.07, 6.45) is 6.64. The first-order valence-electron chi connectivity index (χ1n) is 14.5. The zero-order chi connectivity index (χ0) is 26.7. The SMILES string of the molecule is C=C1CCC[C@]2(C)C[C@@H]3OC(=O)[C@H](CN(CCCN4CCOCC4)Cc4cccc(OC)c4OC)[C@@H]3C[C@H]12. The summed E-state index contributed by atoms with van der Waals surface area (Å²) in [5.74, 6) is 2.17. The molecule has 2 aliphatic heterocycles. The predicted molar refractivity (Wildman–Crippen MR) is 147 cm³/mol. The summed E-state index contributed by atoms with van der Waals surface area (Å²) >= 11 is 0. The van der Waals surface area contributed by atoms with Gasteiger partial charge in [0.05, 0.1) is 33.4 Å². The molecule has 5 rings (SSSR count). The van der Waals surface area contributed by atoms with Crippen molar-refractivity contribution in [3.63, 3.8) is 0 Å². The molecule has 38 heavy (non-hydrogen) atoms. The van der Waals surface area contributed by atoms with Crippen LogP contribution in [0.4, 0.5) is 0 Å². The Kier molecular flexibility index (Phi) is 8.65. The monoisotopic (exact) mass is 526 g/mol. The molecule has 2 aliphatic carbocycles. The first-order chi connectivity index (χ1) is 18.4. The van der Waals surface area contributed by atoms with E-state index in [-0.39, 0.29) is 29.3 Å². The van der Waals surface area contributed by atoms with E-state index in [4.69, 9.17) is 18.9 Å². The zero-order valence-corrected chi connectivity index (χ0v) is 23.6. The quantitative estimate of drug-likeness (QED) is 0.328. The van der Waals surface area contributed by atoms with Gasteiger partial charge in [-0.2, -0.15) is 0 Å². The topological polar surface area (TPSA) is 60.5 Å². The fraction of sp³-hybridized carbons (Fsp3) is 0.710. The van der Waals surface area contributed by atoms with E-state index in [0.717, 1.165) is 82.1 Å². The van der Waals surface area contributed by atoms with Gasteiger partial charge in [0.2, 0.25) is 0 Å². The van der Waals surface area contributed by atoms with Crippen LogP contribution in [0.5, 0.6) is 11.5 Å². The first kappa shape index (κ1) is 27.5. The number of nitrogens with zero attached hydrogens (tertiary/aromatic N) is 2. The van der Waals surface area contributed by atoms with Crippen LogP contribution in [-0.2, 0) is 20.8 Å². The minimum atomic E-state index is -0.0979. The highest BCUT2D eigenvalue weighted by molar-refractivity contribution is 5.75. The summed E-state index contributed by atoms with van der Waals surface area (Å²) in [5, 5.41) is 0. The first-order valence-corrected chi connectivity index (χ1v) is 14.5. The molecule has 1 aromatic carbocycles. The fourth-order valence-corrected chi connectivity index (χ4v) is 7.64. The predicted octanol–water partition coefficient (Wildman–Crippen LogP) is 4.54. The van der Waals surface area contributed by atoms with Crippen LogP contribution in [0.3, 0.4) is 0 Å². The zero-order valence-electron chi connectivity index (χ0n) is 23.6. The second kappa shape index (κ2) is 12.0. The maximum Gasteiger partial charge on any atom is 0.310 e. The Balaban J connectivity index is 1.32. The number of morpholine rings is 1. The maximum absolute atomic E-state index is 13.3. The third-order valence-corrected chi connectivity index (χ3v) is 9.71. The third-order valence-electron chi connectivity index (χ3n) is 9.71. The number of ether oxygens (including phenoxy) is 4. The van der Waals surface area contributed by atoms with Crippen molar-refractivity contribution in [2.75, 3.05) is 60.2 Å². The van der Waals surface area contributed by atoms with E-state index in [1.165, 1.54) is 18.4 Å². The molecule has 1 aromatic rings. The molecule has 2 heterocycles. The van der Waals surface area contributed by atoms with Gasteiger partial charge in [0.1, 0.15) is 6.10 Å². The minimum absolute atomic E-state index is 0.0105. The van der Waals surface area contributed by atoms with Crippen molar-refractivity contribution in [3.05, 3.63) is 35.9 Å². The van der Waals surface area contributed by atoms with E-state index in [1.54, 1.807) is 14.2 Å². The summed E-state index contributed by atoms with van der Waals surface area (Å²) in [6.45, 7) is 13.8. The van der Waals surface area contributed by atoms with Crippen LogP contribution in [0.1, 0.15) is 51.0 Å². The lowest BCUT2D eigenvalue weighted by molar-refractivity contribution is -0.146. The van der Waals surface area contributed by atoms with Gasteiger partial charge in [-0.05, 0) is 69.0 Å². The number of hydrogen-bond acceptors (Lipinski definition) is 7. The van der Waals surface area contributed by atoms with Crippen LogP contribution in [-0.4, -0.2) is 82.0 Å². The van der Waals surface area contributed by atoms with Crippen LogP contribution in [0.15, 0.2) is 30.4 Å². The molecule has 0 unspecified atom stereocenters. The molecule has 0 radical (unpaired) electrons. The van der Waals surface area contributed by atoms with Crippen molar-refractivity contribution in [1.82, 2.24) is 9.80 Å². The highest BCUT2D eigenvalue weighted by Gasteiger charge is 2.55. The second-order valence-corrected chi connectivity index (χ2v) is 12.1. The van der Waals surface area contributed by atoms with Gasteiger partial charge in [-0.3, -0.25) is 14.6 Å². The van der Waals surface area contributed by atoms with Crippen molar-refractivity contribution >= 4 is 5.97 Å². The van der Waals surface area contributed by atoms with Gasteiger partial charge in [-0.15, -0.1) is 0 Å². The Morgan fingerprint density at radius 3 is 2.79 bits per heavy atom. The summed E-state index contributed by atoms with van der Waals surface area (Å²) in [7, 11) is 3.37. The molecule has 7 nitrogen and oxygen atoms in total. The average molecular weight is 527 g/mol. The van der Waals surface area contributed by atoms with Crippen molar-refractivity contribution in [1.29, 1.82) is 0 Å². The molecule has 7 heteroatoms. The van der Waals surface area contributed by atoms with Crippen LogP contribution < -0.4 is 9.47 Å². The number of rotatable bonds is 10. The van der Waals surface area contributed by atoms with E-state index < -0.39 is 0 Å². The highest BCUT2D eigenvalue weighted by atomic mass is 16.6. The molecule has 5 atom stereocenters. The lowest BCUT2D eigenvalue weighted by Gasteiger charge is -2.50. The number of para-hydroxylation sites is 1. The average Bonchev–Trinajstić information content (AvgIpc) is 3.20. The Labute approximate surface area is 228 Å². The lowest BCUT2D eigenvalue weighted by atomic mass is 9.55. The largest absolute Gasteiger partial charge is 0.493 e. The van der Waals surface area contributed by atoms with Crippen LogP contribution >= 0.6 is 0 Å². The molecule has 210 valence electrons. The number of allylic oxidation sites excluding steroid dienone is 1. The minimum Gasteiger partial charge on any atom is -0.493 e. The van der Waals surface area contributed by atoms with E-state index >= 15 is 0 Å². The Morgan fingerprint density at radius 1 is 1.21 bits per heavy atom. The third kappa shape index (κ3) is 5.75. The van der Waals surface area contributed by atoms with Crippen molar-refractivity contribution < 1.29 is 23.7 Å². The van der Waals surface area contributed by atoms with Gasteiger partial charge in [-0.25, -0.2) is 0 Å². The summed E-state index contributed by atoms with van der Waals surface area (Å²) < 4.78 is 22.9. The Bertz CT molecular complexity index is 992. The Hall–Kier alpha value is -2.09. The van der Waals surface area contributed by atoms with Crippen molar-refractivity contribution in [2.45, 2.75) is 58.1 Å². The smallest absolute Gasteiger partial charge is 0.310 e. The van der Waals surface area contributed by atoms with Gasteiger partial charge in [0, 0.05) is 37.7 Å². The number of esters is 1. The normalized spacial score (nSPS) is 31.6. The highest BCUT2D eigenvalue weighted by Crippen LogP contribution is 2.57. The van der Waals surface area contributed by atoms with Gasteiger partial charge in [-0.1, -0.05) is 31.2 Å². The molecule has 2 saturated heterocycles. The van der Waals surface area contributed by atoms with Gasteiger partial charge in [0.15, 0.2) is 11.5 Å². The molecule has 0 bridgehead atoms. The van der Waals surface area contributed by atoms with Crippen molar-refractivity contribution in [3.8, 4) is 11.5 Å². The van der Waals surface area contributed by atoms with Gasteiger partial charge in [0.25, 0.3) is 0 Å². The summed E-state index contributed by atoms with van der Waals surface area (Å²) in [5.41, 5.74) is 2.69. The maximum atomic E-state index is 13.3. The summed E-state index contributed by atoms with van der Waals surface area (Å²) in [6, 6.07) is 6.05.